The number of fused-ring (bicyclic) bond motifs is 1. The number of sulfone groups is 1. The van der Waals surface area contributed by atoms with Crippen molar-refractivity contribution in [1.82, 2.24) is 4.90 Å². The van der Waals surface area contributed by atoms with Gasteiger partial charge in [-0.25, -0.2) is 8.42 Å². The standard InChI is InChI=1S/C17H21F2NO5S/c1-17(2)15(22)14(20-8-4-3-5-13(20)21)11-9-10(6-7-12(11)25-17)26(23,24)16(18)19/h6-7,9,14-16,22H,3-5,8H2,1-2H3/t14-,15+/m1/s1. The number of nitrogens with zero attached hydrogens (tertiary/aromatic N) is 1. The maximum Gasteiger partial charge on any atom is 0.341 e. The van der Waals surface area contributed by atoms with E-state index >= 15 is 0 Å². The Kier molecular flexibility index (Phi) is 4.72. The van der Waals surface area contributed by atoms with Gasteiger partial charge in [-0.3, -0.25) is 4.79 Å². The zero-order chi connectivity index (χ0) is 19.3. The van der Waals surface area contributed by atoms with Crippen molar-refractivity contribution in [2.24, 2.45) is 0 Å². The summed E-state index contributed by atoms with van der Waals surface area (Å²) in [4.78, 5) is 13.3. The van der Waals surface area contributed by atoms with Gasteiger partial charge in [0, 0.05) is 18.5 Å². The Labute approximate surface area is 150 Å². The molecule has 1 saturated heterocycles. The molecule has 1 fully saturated rings. The number of hydrogen-bond donors (Lipinski definition) is 1. The van der Waals surface area contributed by atoms with Gasteiger partial charge >= 0.3 is 5.76 Å². The van der Waals surface area contributed by atoms with Crippen LogP contribution in [0.4, 0.5) is 8.78 Å². The van der Waals surface area contributed by atoms with Gasteiger partial charge in [-0.15, -0.1) is 0 Å². The smallest absolute Gasteiger partial charge is 0.341 e. The summed E-state index contributed by atoms with van der Waals surface area (Å²) < 4.78 is 55.2. The van der Waals surface area contributed by atoms with E-state index in [-0.39, 0.29) is 17.2 Å². The van der Waals surface area contributed by atoms with Gasteiger partial charge in [0.25, 0.3) is 0 Å². The van der Waals surface area contributed by atoms with Crippen LogP contribution in [-0.2, 0) is 14.6 Å². The first-order chi connectivity index (χ1) is 12.1. The van der Waals surface area contributed by atoms with Gasteiger partial charge in [-0.1, -0.05) is 0 Å². The number of aliphatic hydroxyl groups is 1. The minimum absolute atomic E-state index is 0.161. The van der Waals surface area contributed by atoms with Crippen molar-refractivity contribution in [2.75, 3.05) is 6.54 Å². The average molecular weight is 389 g/mol. The average Bonchev–Trinajstić information content (AvgIpc) is 2.56. The molecule has 0 spiro atoms. The lowest BCUT2D eigenvalue weighted by molar-refractivity contribution is -0.147. The van der Waals surface area contributed by atoms with Crippen LogP contribution in [0.1, 0.15) is 44.7 Å². The zero-order valence-electron chi connectivity index (χ0n) is 14.5. The molecule has 9 heteroatoms. The highest BCUT2D eigenvalue weighted by molar-refractivity contribution is 7.91. The Morgan fingerprint density at radius 1 is 1.31 bits per heavy atom. The maximum absolute atomic E-state index is 12.9. The molecule has 0 radical (unpaired) electrons. The van der Waals surface area contributed by atoms with E-state index < -0.39 is 38.2 Å². The predicted octanol–water partition coefficient (Wildman–Crippen LogP) is 2.27. The van der Waals surface area contributed by atoms with Crippen molar-refractivity contribution in [2.45, 2.75) is 61.5 Å². The van der Waals surface area contributed by atoms with Crippen molar-refractivity contribution < 1.29 is 31.8 Å². The normalized spacial score (nSPS) is 25.8. The molecule has 1 aromatic carbocycles. The van der Waals surface area contributed by atoms with Gasteiger partial charge in [0.2, 0.25) is 15.7 Å². The number of carbonyl (C=O) groups excluding carboxylic acids is 1. The number of rotatable bonds is 3. The molecule has 144 valence electrons. The number of halogens is 2. The van der Waals surface area contributed by atoms with E-state index in [1.807, 2.05) is 0 Å². The Morgan fingerprint density at radius 3 is 2.62 bits per heavy atom. The Hall–Kier alpha value is -1.74. The fourth-order valence-electron chi connectivity index (χ4n) is 3.48. The SMILES string of the molecule is CC1(C)Oc2ccc(S(=O)(=O)C(F)F)cc2[C@@H](N2CCCCC2=O)[C@@H]1O. The third kappa shape index (κ3) is 3.07. The largest absolute Gasteiger partial charge is 0.485 e. The number of carbonyl (C=O) groups is 1. The monoisotopic (exact) mass is 389 g/mol. The summed E-state index contributed by atoms with van der Waals surface area (Å²) in [5, 5.41) is 10.8. The third-order valence-electron chi connectivity index (χ3n) is 4.94. The molecule has 1 amide bonds. The van der Waals surface area contributed by atoms with E-state index in [2.05, 4.69) is 0 Å². The molecule has 0 bridgehead atoms. The maximum atomic E-state index is 12.9. The predicted molar refractivity (Wildman–Crippen MR) is 88.7 cm³/mol. The van der Waals surface area contributed by atoms with Crippen molar-refractivity contribution >= 4 is 15.7 Å². The molecule has 2 aliphatic heterocycles. The van der Waals surface area contributed by atoms with E-state index in [4.69, 9.17) is 4.74 Å². The third-order valence-corrected chi connectivity index (χ3v) is 6.32. The van der Waals surface area contributed by atoms with Crippen molar-refractivity contribution in [3.63, 3.8) is 0 Å². The highest BCUT2D eigenvalue weighted by Gasteiger charge is 2.47. The van der Waals surface area contributed by atoms with Crippen LogP contribution in [0.5, 0.6) is 5.75 Å². The van der Waals surface area contributed by atoms with Crippen LogP contribution in [0.25, 0.3) is 0 Å². The molecule has 0 unspecified atom stereocenters. The Balaban J connectivity index is 2.14. The molecule has 0 saturated carbocycles. The summed E-state index contributed by atoms with van der Waals surface area (Å²) in [5.74, 6) is -3.44. The summed E-state index contributed by atoms with van der Waals surface area (Å²) in [6.45, 7) is 3.72. The van der Waals surface area contributed by atoms with E-state index in [1.165, 1.54) is 11.0 Å². The fourth-order valence-corrected chi connectivity index (χ4v) is 4.24. The number of aliphatic hydroxyl groups excluding tert-OH is 1. The van der Waals surface area contributed by atoms with Gasteiger partial charge in [-0.2, -0.15) is 8.78 Å². The summed E-state index contributed by atoms with van der Waals surface area (Å²) >= 11 is 0. The lowest BCUT2D eigenvalue weighted by atomic mass is 9.84. The van der Waals surface area contributed by atoms with Crippen LogP contribution in [0, 0.1) is 0 Å². The summed E-state index contributed by atoms with van der Waals surface area (Å²) in [6, 6.07) is 2.60. The van der Waals surface area contributed by atoms with Crippen LogP contribution >= 0.6 is 0 Å². The van der Waals surface area contributed by atoms with Gasteiger partial charge in [0.1, 0.15) is 17.5 Å². The highest BCUT2D eigenvalue weighted by atomic mass is 32.2. The zero-order valence-corrected chi connectivity index (χ0v) is 15.3. The Bertz CT molecular complexity index is 824. The van der Waals surface area contributed by atoms with Crippen molar-refractivity contribution in [3.05, 3.63) is 23.8 Å². The van der Waals surface area contributed by atoms with E-state index in [0.717, 1.165) is 25.0 Å². The molecule has 2 aliphatic rings. The molecule has 0 aliphatic carbocycles. The lowest BCUT2D eigenvalue weighted by Crippen LogP contribution is -2.55. The van der Waals surface area contributed by atoms with Gasteiger partial charge in [0.05, 0.1) is 10.9 Å². The van der Waals surface area contributed by atoms with Crippen LogP contribution in [-0.4, -0.2) is 48.3 Å². The number of piperidine rings is 1. The molecular formula is C17H21F2NO5S. The molecule has 2 heterocycles. The van der Waals surface area contributed by atoms with Gasteiger partial charge < -0.3 is 14.7 Å². The first-order valence-electron chi connectivity index (χ1n) is 8.38. The second-order valence-electron chi connectivity index (χ2n) is 7.14. The molecule has 1 aromatic rings. The van der Waals surface area contributed by atoms with Crippen LogP contribution in [0.3, 0.4) is 0 Å². The lowest BCUT2D eigenvalue weighted by Gasteiger charge is -2.47. The molecule has 26 heavy (non-hydrogen) atoms. The van der Waals surface area contributed by atoms with Crippen LogP contribution in [0.2, 0.25) is 0 Å². The minimum Gasteiger partial charge on any atom is -0.485 e. The summed E-state index contributed by atoms with van der Waals surface area (Å²) in [7, 11) is -4.80. The fraction of sp³-hybridized carbons (Fsp3) is 0.588. The molecule has 3 rings (SSSR count). The summed E-state index contributed by atoms with van der Waals surface area (Å²) in [5.41, 5.74) is -0.799. The van der Waals surface area contributed by atoms with Gasteiger partial charge in [0.15, 0.2) is 0 Å². The summed E-state index contributed by atoms with van der Waals surface area (Å²) in [6.07, 6.45) is 0.682. The second kappa shape index (κ2) is 6.45. The quantitative estimate of drug-likeness (QED) is 0.857. The van der Waals surface area contributed by atoms with Crippen LogP contribution < -0.4 is 4.74 Å². The number of likely N-dealkylation sites (tertiary alicyclic amines) is 1. The second-order valence-corrected chi connectivity index (χ2v) is 9.06. The molecule has 0 aromatic heterocycles. The number of alkyl halides is 2. The number of benzene rings is 1. The minimum atomic E-state index is -4.80. The van der Waals surface area contributed by atoms with Crippen LogP contribution in [0.15, 0.2) is 23.1 Å². The topological polar surface area (TPSA) is 83.9 Å². The first kappa shape index (κ1) is 19.0. The number of amides is 1. The highest BCUT2D eigenvalue weighted by Crippen LogP contribution is 2.44. The van der Waals surface area contributed by atoms with Crippen molar-refractivity contribution in [3.8, 4) is 5.75 Å². The Morgan fingerprint density at radius 2 is 2.00 bits per heavy atom. The molecule has 1 N–H and O–H groups in total. The molecule has 2 atom stereocenters. The number of ether oxygens (including phenoxy) is 1. The van der Waals surface area contributed by atoms with Gasteiger partial charge in [-0.05, 0) is 44.9 Å². The van der Waals surface area contributed by atoms with E-state index in [9.17, 15) is 27.1 Å². The first-order valence-corrected chi connectivity index (χ1v) is 9.93. The van der Waals surface area contributed by atoms with E-state index in [1.54, 1.807) is 13.8 Å². The number of hydrogen-bond acceptors (Lipinski definition) is 5. The van der Waals surface area contributed by atoms with E-state index in [0.29, 0.717) is 13.0 Å². The van der Waals surface area contributed by atoms with Crippen molar-refractivity contribution in [1.29, 1.82) is 0 Å². The molecular weight excluding hydrogens is 368 g/mol. The molecule has 6 nitrogen and oxygen atoms in total.